The largest absolute Gasteiger partial charge is 0.328 e. The van der Waals surface area contributed by atoms with Crippen LogP contribution >= 0.6 is 9.90 Å². The van der Waals surface area contributed by atoms with Crippen LogP contribution in [0.2, 0.25) is 0 Å². The molecule has 0 bridgehead atoms. The van der Waals surface area contributed by atoms with Crippen LogP contribution in [0.5, 0.6) is 0 Å². The van der Waals surface area contributed by atoms with Gasteiger partial charge in [0.25, 0.3) is 0 Å². The summed E-state index contributed by atoms with van der Waals surface area (Å²) in [5.74, 6) is 0. The van der Waals surface area contributed by atoms with Crippen LogP contribution in [-0.4, -0.2) is 6.04 Å². The van der Waals surface area contributed by atoms with Crippen LogP contribution in [0.15, 0.2) is 0 Å². The van der Waals surface area contributed by atoms with Gasteiger partial charge in [-0.1, -0.05) is 13.8 Å². The lowest BCUT2D eigenvalue weighted by Gasteiger charge is -1.81. The van der Waals surface area contributed by atoms with Gasteiger partial charge in [0.2, 0.25) is 0 Å². The maximum absolute atomic E-state index is 5.11. The van der Waals surface area contributed by atoms with Crippen LogP contribution in [0.3, 0.4) is 0 Å². The summed E-state index contributed by atoms with van der Waals surface area (Å²) in [7, 11) is 0. The molecule has 1 nitrogen and oxygen atoms in total. The molecule has 34 valence electrons. The van der Waals surface area contributed by atoms with Crippen molar-refractivity contribution in [3.8, 4) is 0 Å². The fourth-order valence-electron chi connectivity index (χ4n) is 0. The average molecular weight is 93.1 g/mol. The van der Waals surface area contributed by atoms with E-state index in [1.807, 2.05) is 13.8 Å². The van der Waals surface area contributed by atoms with Crippen molar-refractivity contribution in [2.75, 3.05) is 0 Å². The van der Waals surface area contributed by atoms with Crippen LogP contribution < -0.4 is 5.73 Å². The molecule has 0 heterocycles. The zero-order valence-electron chi connectivity index (χ0n) is 3.86. The highest BCUT2D eigenvalue weighted by molar-refractivity contribution is 6.92. The predicted octanol–water partition coefficient (Wildman–Crippen LogP) is 0.412. The van der Waals surface area contributed by atoms with Crippen LogP contribution in [0, 0.1) is 0 Å². The summed E-state index contributed by atoms with van der Waals surface area (Å²) in [5.41, 5.74) is 5.11. The number of rotatable bonds is 0. The quantitative estimate of drug-likeness (QED) is 0.431. The topological polar surface area (TPSA) is 26.0 Å². The highest BCUT2D eigenvalue weighted by Crippen LogP contribution is 1.58. The minimum Gasteiger partial charge on any atom is -0.328 e. The van der Waals surface area contributed by atoms with Gasteiger partial charge in [0, 0.05) is 0 Å². The highest BCUT2D eigenvalue weighted by Gasteiger charge is 1.67. The van der Waals surface area contributed by atoms with Crippen molar-refractivity contribution in [3.63, 3.8) is 0 Å². The molecule has 0 spiro atoms. The summed E-state index contributed by atoms with van der Waals surface area (Å²) in [6.45, 7) is 3.89. The first-order chi connectivity index (χ1) is 1.73. The maximum Gasteiger partial charge on any atom is -0.00179 e. The van der Waals surface area contributed by atoms with E-state index in [1.165, 1.54) is 0 Å². The Balaban J connectivity index is 0. The maximum atomic E-state index is 5.11. The SMILES string of the molecule is CC(C)N.P. The molecule has 0 fully saturated rings. The molecule has 0 amide bonds. The first-order valence-corrected chi connectivity index (χ1v) is 1.49. The van der Waals surface area contributed by atoms with Gasteiger partial charge in [0.05, 0.1) is 0 Å². The summed E-state index contributed by atoms with van der Waals surface area (Å²) in [6.07, 6.45) is 0. The second kappa shape index (κ2) is 4.39. The Morgan fingerprint density at radius 3 is 1.40 bits per heavy atom. The van der Waals surface area contributed by atoms with Gasteiger partial charge in [-0.05, 0) is 6.04 Å². The van der Waals surface area contributed by atoms with Gasteiger partial charge in [0.15, 0.2) is 0 Å². The normalized spacial score (nSPS) is 7.20. The molecule has 5 heavy (non-hydrogen) atoms. The van der Waals surface area contributed by atoms with Crippen LogP contribution in [0.1, 0.15) is 13.8 Å². The molecule has 1 atom stereocenters. The van der Waals surface area contributed by atoms with Crippen molar-refractivity contribution in [3.05, 3.63) is 0 Å². The number of hydrogen-bond acceptors (Lipinski definition) is 1. The van der Waals surface area contributed by atoms with Gasteiger partial charge in [-0.2, -0.15) is 9.90 Å². The molecule has 0 aliphatic carbocycles. The van der Waals surface area contributed by atoms with E-state index in [9.17, 15) is 0 Å². The Morgan fingerprint density at radius 1 is 1.40 bits per heavy atom. The van der Waals surface area contributed by atoms with E-state index in [0.29, 0.717) is 6.04 Å². The molecule has 0 saturated heterocycles. The first-order valence-electron chi connectivity index (χ1n) is 1.49. The zero-order valence-corrected chi connectivity index (χ0v) is 5.28. The Hall–Kier alpha value is 0.390. The lowest BCUT2D eigenvalue weighted by atomic mass is 10.5. The van der Waals surface area contributed by atoms with Gasteiger partial charge < -0.3 is 5.73 Å². The van der Waals surface area contributed by atoms with Crippen molar-refractivity contribution in [1.29, 1.82) is 0 Å². The monoisotopic (exact) mass is 93.1 g/mol. The van der Waals surface area contributed by atoms with Crippen molar-refractivity contribution in [2.45, 2.75) is 19.9 Å². The molecular weight excluding hydrogens is 81.0 g/mol. The predicted molar refractivity (Wildman–Crippen MR) is 30.4 cm³/mol. The summed E-state index contributed by atoms with van der Waals surface area (Å²) in [5, 5.41) is 0. The molecule has 2 N–H and O–H groups in total. The van der Waals surface area contributed by atoms with Gasteiger partial charge in [0.1, 0.15) is 0 Å². The highest BCUT2D eigenvalue weighted by atomic mass is 31.0. The second-order valence-corrected chi connectivity index (χ2v) is 1.24. The van der Waals surface area contributed by atoms with E-state index in [0.717, 1.165) is 0 Å². The van der Waals surface area contributed by atoms with Crippen molar-refractivity contribution < 1.29 is 0 Å². The Morgan fingerprint density at radius 2 is 1.40 bits per heavy atom. The van der Waals surface area contributed by atoms with E-state index < -0.39 is 0 Å². The Kier molecular flexibility index (Phi) is 7.94. The van der Waals surface area contributed by atoms with Crippen LogP contribution in [0.25, 0.3) is 0 Å². The summed E-state index contributed by atoms with van der Waals surface area (Å²) in [6, 6.07) is 0.333. The number of hydrogen-bond donors (Lipinski definition) is 1. The fourth-order valence-corrected chi connectivity index (χ4v) is 0. The molecule has 2 heteroatoms. The first kappa shape index (κ1) is 9.04. The lowest BCUT2D eigenvalue weighted by Crippen LogP contribution is -2.06. The summed E-state index contributed by atoms with van der Waals surface area (Å²) < 4.78 is 0. The van der Waals surface area contributed by atoms with E-state index in [1.54, 1.807) is 0 Å². The van der Waals surface area contributed by atoms with Crippen molar-refractivity contribution in [1.82, 2.24) is 0 Å². The molecule has 0 aliphatic heterocycles. The van der Waals surface area contributed by atoms with Crippen LogP contribution in [0.4, 0.5) is 0 Å². The smallest absolute Gasteiger partial charge is 0.00179 e. The molecule has 0 radical (unpaired) electrons. The molecule has 0 aromatic carbocycles. The standard InChI is InChI=1S/C3H9N.H3P/c1-3(2)4;/h3H,4H2,1-2H3;1H3. The minimum absolute atomic E-state index is 0. The van der Waals surface area contributed by atoms with Gasteiger partial charge in [-0.25, -0.2) is 0 Å². The fraction of sp³-hybridized carbons (Fsp3) is 1.00. The van der Waals surface area contributed by atoms with Crippen molar-refractivity contribution >= 4 is 9.90 Å². The van der Waals surface area contributed by atoms with Gasteiger partial charge >= 0.3 is 0 Å². The third-order valence-corrected chi connectivity index (χ3v) is 0. The third-order valence-electron chi connectivity index (χ3n) is 0. The Labute approximate surface area is 36.6 Å². The van der Waals surface area contributed by atoms with E-state index >= 15 is 0 Å². The molecule has 1 unspecified atom stereocenters. The molecule has 0 aliphatic rings. The van der Waals surface area contributed by atoms with Crippen molar-refractivity contribution in [2.24, 2.45) is 5.73 Å². The van der Waals surface area contributed by atoms with Crippen LogP contribution in [-0.2, 0) is 0 Å². The van der Waals surface area contributed by atoms with E-state index in [2.05, 4.69) is 0 Å². The molecule has 0 aromatic rings. The second-order valence-electron chi connectivity index (χ2n) is 1.24. The number of nitrogens with two attached hydrogens (primary N) is 1. The van der Waals surface area contributed by atoms with E-state index in [-0.39, 0.29) is 9.90 Å². The zero-order chi connectivity index (χ0) is 3.58. The van der Waals surface area contributed by atoms with E-state index in [4.69, 9.17) is 5.73 Å². The summed E-state index contributed by atoms with van der Waals surface area (Å²) >= 11 is 0. The molecule has 0 rings (SSSR count). The molecule has 0 saturated carbocycles. The molecule has 0 aromatic heterocycles. The van der Waals surface area contributed by atoms with Gasteiger partial charge in [-0.3, -0.25) is 0 Å². The Bertz CT molecular complexity index is 11.6. The average Bonchev–Trinajstić information content (AvgIpc) is 0.811. The third kappa shape index (κ3) is 165. The lowest BCUT2D eigenvalue weighted by molar-refractivity contribution is 0.834. The minimum atomic E-state index is 0. The van der Waals surface area contributed by atoms with Gasteiger partial charge in [-0.15, -0.1) is 0 Å². The summed E-state index contributed by atoms with van der Waals surface area (Å²) in [4.78, 5) is 0. The molecular formula is C3H12NP.